The second-order valence-corrected chi connectivity index (χ2v) is 4.26. The summed E-state index contributed by atoms with van der Waals surface area (Å²) >= 11 is 0. The number of anilines is 1. The molecule has 1 fully saturated rings. The molecule has 7 heteroatoms. The van der Waals surface area contributed by atoms with E-state index in [0.717, 1.165) is 11.5 Å². The zero-order chi connectivity index (χ0) is 12.4. The maximum absolute atomic E-state index is 11.9. The molecular formula is C10H14N6O. The molecule has 0 aromatic carbocycles. The van der Waals surface area contributed by atoms with Crippen molar-refractivity contribution >= 4 is 11.7 Å². The highest BCUT2D eigenvalue weighted by Crippen LogP contribution is 2.25. The van der Waals surface area contributed by atoms with E-state index < -0.39 is 0 Å². The van der Waals surface area contributed by atoms with Crippen LogP contribution in [0.1, 0.15) is 12.1 Å². The third kappa shape index (κ3) is 2.24. The van der Waals surface area contributed by atoms with Gasteiger partial charge in [-0.1, -0.05) is 5.11 Å². The van der Waals surface area contributed by atoms with Crippen molar-refractivity contribution in [3.05, 3.63) is 22.2 Å². The molecule has 0 bridgehead atoms. The SMILES string of the molecule is Cc1cc(N2CC(CN=[N+]=[N-])CC2=O)n(C)n1. The summed E-state index contributed by atoms with van der Waals surface area (Å²) in [5.74, 6) is 0.968. The van der Waals surface area contributed by atoms with Crippen LogP contribution in [0.5, 0.6) is 0 Å². The van der Waals surface area contributed by atoms with Gasteiger partial charge in [-0.2, -0.15) is 5.10 Å². The van der Waals surface area contributed by atoms with Crippen LogP contribution >= 0.6 is 0 Å². The Bertz CT molecular complexity index is 487. The molecule has 1 unspecified atom stereocenters. The lowest BCUT2D eigenvalue weighted by Gasteiger charge is -2.15. The Kier molecular flexibility index (Phi) is 3.01. The van der Waals surface area contributed by atoms with Gasteiger partial charge in [-0.05, 0) is 18.4 Å². The highest BCUT2D eigenvalue weighted by atomic mass is 16.2. The van der Waals surface area contributed by atoms with E-state index in [0.29, 0.717) is 19.5 Å². The van der Waals surface area contributed by atoms with E-state index in [4.69, 9.17) is 5.53 Å². The zero-order valence-electron chi connectivity index (χ0n) is 9.87. The summed E-state index contributed by atoms with van der Waals surface area (Å²) in [5.41, 5.74) is 9.15. The number of aromatic nitrogens is 2. The van der Waals surface area contributed by atoms with Gasteiger partial charge in [-0.15, -0.1) is 0 Å². The number of amides is 1. The van der Waals surface area contributed by atoms with Crippen LogP contribution in [0.3, 0.4) is 0 Å². The molecule has 2 rings (SSSR count). The number of carbonyl (C=O) groups is 1. The van der Waals surface area contributed by atoms with Crippen LogP contribution in [0, 0.1) is 12.8 Å². The van der Waals surface area contributed by atoms with Gasteiger partial charge in [-0.3, -0.25) is 14.4 Å². The van der Waals surface area contributed by atoms with Crippen LogP contribution in [-0.4, -0.2) is 28.8 Å². The van der Waals surface area contributed by atoms with Crippen molar-refractivity contribution in [2.75, 3.05) is 18.0 Å². The van der Waals surface area contributed by atoms with Crippen LogP contribution in [0.25, 0.3) is 10.4 Å². The van der Waals surface area contributed by atoms with Crippen molar-refractivity contribution in [2.24, 2.45) is 18.1 Å². The summed E-state index contributed by atoms with van der Waals surface area (Å²) in [7, 11) is 1.82. The molecule has 1 saturated heterocycles. The van der Waals surface area contributed by atoms with Crippen molar-refractivity contribution in [1.29, 1.82) is 0 Å². The van der Waals surface area contributed by atoms with E-state index in [2.05, 4.69) is 15.1 Å². The van der Waals surface area contributed by atoms with Gasteiger partial charge in [-0.25, -0.2) is 0 Å². The molecule has 0 N–H and O–H groups in total. The minimum atomic E-state index is 0.0612. The van der Waals surface area contributed by atoms with Crippen molar-refractivity contribution in [1.82, 2.24) is 9.78 Å². The Labute approximate surface area is 98.6 Å². The number of rotatable bonds is 3. The molecule has 1 atom stereocenters. The van der Waals surface area contributed by atoms with E-state index >= 15 is 0 Å². The van der Waals surface area contributed by atoms with Gasteiger partial charge in [0.25, 0.3) is 0 Å². The summed E-state index contributed by atoms with van der Waals surface area (Å²) in [4.78, 5) is 16.3. The zero-order valence-corrected chi connectivity index (χ0v) is 9.87. The first-order valence-electron chi connectivity index (χ1n) is 5.43. The normalized spacial score (nSPS) is 19.5. The third-order valence-electron chi connectivity index (χ3n) is 2.86. The van der Waals surface area contributed by atoms with Crippen LogP contribution in [0.2, 0.25) is 0 Å². The largest absolute Gasteiger partial charge is 0.297 e. The minimum absolute atomic E-state index is 0.0612. The standard InChI is InChI=1S/C10H14N6O/c1-7-3-9(15(2)13-7)16-6-8(4-10(16)17)5-12-14-11/h3,8H,4-6H2,1-2H3. The van der Waals surface area contributed by atoms with Crippen LogP contribution in [0.4, 0.5) is 5.82 Å². The van der Waals surface area contributed by atoms with E-state index in [-0.39, 0.29) is 11.8 Å². The van der Waals surface area contributed by atoms with E-state index in [9.17, 15) is 4.79 Å². The average Bonchev–Trinajstić information content (AvgIpc) is 2.79. The first-order valence-corrected chi connectivity index (χ1v) is 5.43. The topological polar surface area (TPSA) is 86.9 Å². The highest BCUT2D eigenvalue weighted by Gasteiger charge is 2.31. The van der Waals surface area contributed by atoms with Gasteiger partial charge in [0.15, 0.2) is 0 Å². The molecule has 1 aromatic heterocycles. The molecule has 0 aliphatic carbocycles. The van der Waals surface area contributed by atoms with E-state index in [1.165, 1.54) is 0 Å². The van der Waals surface area contributed by atoms with Crippen molar-refractivity contribution in [3.63, 3.8) is 0 Å². The Hall–Kier alpha value is -2.01. The summed E-state index contributed by atoms with van der Waals surface area (Å²) in [6.45, 7) is 2.86. The van der Waals surface area contributed by atoms with Gasteiger partial charge in [0, 0.05) is 37.5 Å². The molecule has 0 saturated carbocycles. The summed E-state index contributed by atoms with van der Waals surface area (Å²) in [6.07, 6.45) is 0.434. The number of azide groups is 1. The molecule has 1 aliphatic heterocycles. The predicted octanol–water partition coefficient (Wildman–Crippen LogP) is 1.39. The fourth-order valence-corrected chi connectivity index (χ4v) is 2.13. The average molecular weight is 234 g/mol. The molecule has 17 heavy (non-hydrogen) atoms. The molecule has 1 amide bonds. The molecule has 1 aliphatic rings. The lowest BCUT2D eigenvalue weighted by molar-refractivity contribution is -0.117. The van der Waals surface area contributed by atoms with Gasteiger partial charge in [0.1, 0.15) is 5.82 Å². The maximum Gasteiger partial charge on any atom is 0.228 e. The van der Waals surface area contributed by atoms with Gasteiger partial charge < -0.3 is 0 Å². The molecule has 0 radical (unpaired) electrons. The number of aryl methyl sites for hydroxylation is 2. The second kappa shape index (κ2) is 4.47. The van der Waals surface area contributed by atoms with Crippen molar-refractivity contribution in [2.45, 2.75) is 13.3 Å². The summed E-state index contributed by atoms with van der Waals surface area (Å²) in [5, 5.41) is 7.74. The van der Waals surface area contributed by atoms with Crippen LogP contribution in [-0.2, 0) is 11.8 Å². The summed E-state index contributed by atoms with van der Waals surface area (Å²) < 4.78 is 1.70. The first kappa shape index (κ1) is 11.5. The highest BCUT2D eigenvalue weighted by molar-refractivity contribution is 5.95. The molecular weight excluding hydrogens is 220 g/mol. The molecule has 7 nitrogen and oxygen atoms in total. The number of hydrogen-bond donors (Lipinski definition) is 0. The van der Waals surface area contributed by atoms with Crippen LogP contribution in [0.15, 0.2) is 11.2 Å². The summed E-state index contributed by atoms with van der Waals surface area (Å²) in [6, 6.07) is 1.88. The van der Waals surface area contributed by atoms with Crippen molar-refractivity contribution < 1.29 is 4.79 Å². The fourth-order valence-electron chi connectivity index (χ4n) is 2.13. The first-order chi connectivity index (χ1) is 8.11. The Balaban J connectivity index is 2.15. The quantitative estimate of drug-likeness (QED) is 0.449. The number of carbonyl (C=O) groups excluding carboxylic acids is 1. The molecule has 0 spiro atoms. The second-order valence-electron chi connectivity index (χ2n) is 4.26. The Morgan fingerprint density at radius 2 is 2.47 bits per heavy atom. The monoisotopic (exact) mass is 234 g/mol. The van der Waals surface area contributed by atoms with Gasteiger partial charge in [0.2, 0.25) is 5.91 Å². The number of hydrogen-bond acceptors (Lipinski definition) is 3. The van der Waals surface area contributed by atoms with Gasteiger partial charge >= 0.3 is 0 Å². The lowest BCUT2D eigenvalue weighted by Crippen LogP contribution is -2.26. The van der Waals surface area contributed by atoms with Crippen LogP contribution < -0.4 is 4.90 Å². The maximum atomic E-state index is 11.9. The Morgan fingerprint density at radius 3 is 3.06 bits per heavy atom. The minimum Gasteiger partial charge on any atom is -0.297 e. The molecule has 2 heterocycles. The van der Waals surface area contributed by atoms with Gasteiger partial charge in [0.05, 0.1) is 5.69 Å². The van der Waals surface area contributed by atoms with Crippen molar-refractivity contribution in [3.8, 4) is 0 Å². The fraction of sp³-hybridized carbons (Fsp3) is 0.600. The lowest BCUT2D eigenvalue weighted by atomic mass is 10.1. The number of nitrogens with zero attached hydrogens (tertiary/aromatic N) is 6. The Morgan fingerprint density at radius 1 is 1.71 bits per heavy atom. The predicted molar refractivity (Wildman–Crippen MR) is 62.4 cm³/mol. The third-order valence-corrected chi connectivity index (χ3v) is 2.86. The molecule has 90 valence electrons. The smallest absolute Gasteiger partial charge is 0.228 e. The van der Waals surface area contributed by atoms with E-state index in [1.807, 2.05) is 20.0 Å². The molecule has 1 aromatic rings. The van der Waals surface area contributed by atoms with E-state index in [1.54, 1.807) is 9.58 Å².